The van der Waals surface area contributed by atoms with Crippen LogP contribution in [0, 0.1) is 14.9 Å². The SMILES string of the molecule is CC(C)c1ccc(/C=C(\C#N)C(=O)Nc2cccc(I)c2)cc1. The van der Waals surface area contributed by atoms with Gasteiger partial charge >= 0.3 is 0 Å². The molecule has 0 atom stereocenters. The molecule has 23 heavy (non-hydrogen) atoms. The van der Waals surface area contributed by atoms with Crippen molar-refractivity contribution in [2.24, 2.45) is 0 Å². The first-order valence-corrected chi connectivity index (χ1v) is 8.36. The lowest BCUT2D eigenvalue weighted by Crippen LogP contribution is -2.13. The molecule has 1 amide bonds. The Morgan fingerprint density at radius 3 is 2.48 bits per heavy atom. The summed E-state index contributed by atoms with van der Waals surface area (Å²) >= 11 is 2.17. The quantitative estimate of drug-likeness (QED) is 0.435. The average molecular weight is 416 g/mol. The van der Waals surface area contributed by atoms with Crippen LogP contribution >= 0.6 is 22.6 Å². The van der Waals surface area contributed by atoms with Crippen LogP contribution in [0.15, 0.2) is 54.1 Å². The molecule has 2 aromatic carbocycles. The molecule has 0 saturated heterocycles. The summed E-state index contributed by atoms with van der Waals surface area (Å²) in [6, 6.07) is 17.3. The molecule has 3 nitrogen and oxygen atoms in total. The standard InChI is InChI=1S/C19H17IN2O/c1-13(2)15-8-6-14(7-9-15)10-16(12-21)19(23)22-18-5-3-4-17(20)11-18/h3-11,13H,1-2H3,(H,22,23)/b16-10+. The van der Waals surface area contributed by atoms with E-state index in [0.29, 0.717) is 11.6 Å². The monoisotopic (exact) mass is 416 g/mol. The predicted molar refractivity (Wildman–Crippen MR) is 102 cm³/mol. The van der Waals surface area contributed by atoms with Gasteiger partial charge in [-0.2, -0.15) is 5.26 Å². The molecule has 0 fully saturated rings. The van der Waals surface area contributed by atoms with Crippen LogP contribution in [0.3, 0.4) is 0 Å². The van der Waals surface area contributed by atoms with E-state index in [4.69, 9.17) is 0 Å². The Labute approximate surface area is 150 Å². The molecule has 1 N–H and O–H groups in total. The molecule has 0 spiro atoms. The van der Waals surface area contributed by atoms with Crippen molar-refractivity contribution in [2.45, 2.75) is 19.8 Å². The highest BCUT2D eigenvalue weighted by Crippen LogP contribution is 2.17. The van der Waals surface area contributed by atoms with Crippen molar-refractivity contribution >= 4 is 40.3 Å². The molecule has 0 bridgehead atoms. The van der Waals surface area contributed by atoms with Crippen LogP contribution in [0.1, 0.15) is 30.9 Å². The highest BCUT2D eigenvalue weighted by molar-refractivity contribution is 14.1. The Morgan fingerprint density at radius 2 is 1.91 bits per heavy atom. The summed E-state index contributed by atoms with van der Waals surface area (Å²) in [5, 5.41) is 12.0. The van der Waals surface area contributed by atoms with Crippen molar-refractivity contribution in [2.75, 3.05) is 5.32 Å². The zero-order valence-corrected chi connectivity index (χ0v) is 15.2. The van der Waals surface area contributed by atoms with Crippen LogP contribution in [-0.4, -0.2) is 5.91 Å². The van der Waals surface area contributed by atoms with Gasteiger partial charge in [-0.15, -0.1) is 0 Å². The van der Waals surface area contributed by atoms with Crippen LogP contribution in [0.5, 0.6) is 0 Å². The summed E-state index contributed by atoms with van der Waals surface area (Å²) in [7, 11) is 0. The minimum atomic E-state index is -0.401. The summed E-state index contributed by atoms with van der Waals surface area (Å²) in [5.41, 5.74) is 2.83. The number of amides is 1. The zero-order valence-electron chi connectivity index (χ0n) is 13.0. The lowest BCUT2D eigenvalue weighted by molar-refractivity contribution is -0.112. The van der Waals surface area contributed by atoms with Crippen molar-refractivity contribution in [3.63, 3.8) is 0 Å². The molecule has 0 aliphatic carbocycles. The second-order valence-electron chi connectivity index (χ2n) is 5.46. The largest absolute Gasteiger partial charge is 0.321 e. The maximum Gasteiger partial charge on any atom is 0.266 e. The Morgan fingerprint density at radius 1 is 1.22 bits per heavy atom. The van der Waals surface area contributed by atoms with E-state index in [1.165, 1.54) is 5.56 Å². The van der Waals surface area contributed by atoms with E-state index < -0.39 is 5.91 Å². The van der Waals surface area contributed by atoms with Gasteiger partial charge in [0.05, 0.1) is 0 Å². The van der Waals surface area contributed by atoms with Crippen LogP contribution in [0.4, 0.5) is 5.69 Å². The molecule has 0 aromatic heterocycles. The molecular formula is C19H17IN2O. The van der Waals surface area contributed by atoms with E-state index in [1.807, 2.05) is 48.5 Å². The second-order valence-corrected chi connectivity index (χ2v) is 6.70. The van der Waals surface area contributed by atoms with Crippen molar-refractivity contribution < 1.29 is 4.79 Å². The van der Waals surface area contributed by atoms with Gasteiger partial charge in [0.15, 0.2) is 0 Å². The molecular weight excluding hydrogens is 399 g/mol. The maximum atomic E-state index is 12.2. The van der Waals surface area contributed by atoms with Crippen molar-refractivity contribution in [1.29, 1.82) is 5.26 Å². The molecule has 0 radical (unpaired) electrons. The van der Waals surface area contributed by atoms with Gasteiger partial charge in [-0.3, -0.25) is 4.79 Å². The van der Waals surface area contributed by atoms with Crippen molar-refractivity contribution in [3.8, 4) is 6.07 Å². The molecule has 2 aromatic rings. The molecule has 4 heteroatoms. The van der Waals surface area contributed by atoms with Gasteiger partial charge in [0, 0.05) is 9.26 Å². The number of nitrogens with zero attached hydrogens (tertiary/aromatic N) is 1. The molecule has 2 rings (SSSR count). The second kappa shape index (κ2) is 7.93. The number of hydrogen-bond acceptors (Lipinski definition) is 2. The van der Waals surface area contributed by atoms with E-state index >= 15 is 0 Å². The number of nitriles is 1. The smallest absolute Gasteiger partial charge is 0.266 e. The van der Waals surface area contributed by atoms with Gasteiger partial charge in [-0.1, -0.05) is 44.2 Å². The van der Waals surface area contributed by atoms with Crippen molar-refractivity contribution in [1.82, 2.24) is 0 Å². The lowest BCUT2D eigenvalue weighted by Gasteiger charge is -2.06. The predicted octanol–water partition coefficient (Wildman–Crippen LogP) is 4.96. The highest BCUT2D eigenvalue weighted by atomic mass is 127. The van der Waals surface area contributed by atoms with E-state index in [9.17, 15) is 10.1 Å². The molecule has 0 aliphatic heterocycles. The Bertz CT molecular complexity index is 771. The zero-order chi connectivity index (χ0) is 16.8. The number of rotatable bonds is 4. The number of carbonyl (C=O) groups is 1. The molecule has 116 valence electrons. The van der Waals surface area contributed by atoms with Crippen LogP contribution in [0.25, 0.3) is 6.08 Å². The van der Waals surface area contributed by atoms with Gasteiger partial charge in [-0.25, -0.2) is 0 Å². The Balaban J connectivity index is 2.18. The summed E-state index contributed by atoms with van der Waals surface area (Å²) in [4.78, 5) is 12.2. The fourth-order valence-corrected chi connectivity index (χ4v) is 2.60. The number of carbonyl (C=O) groups excluding carboxylic acids is 1. The Kier molecular flexibility index (Phi) is 5.94. The average Bonchev–Trinajstić information content (AvgIpc) is 2.53. The van der Waals surface area contributed by atoms with E-state index in [-0.39, 0.29) is 5.57 Å². The minimum absolute atomic E-state index is 0.0844. The van der Waals surface area contributed by atoms with Gasteiger partial charge in [0.2, 0.25) is 0 Å². The van der Waals surface area contributed by atoms with Crippen molar-refractivity contribution in [3.05, 3.63) is 68.8 Å². The first-order chi connectivity index (χ1) is 11.0. The number of anilines is 1. The molecule has 0 heterocycles. The van der Waals surface area contributed by atoms with Gasteiger partial charge in [-0.05, 0) is 63.9 Å². The first-order valence-electron chi connectivity index (χ1n) is 7.28. The maximum absolute atomic E-state index is 12.2. The number of hydrogen-bond donors (Lipinski definition) is 1. The molecule has 0 saturated carbocycles. The molecule has 0 unspecified atom stereocenters. The number of halogens is 1. The third-order valence-electron chi connectivity index (χ3n) is 3.36. The topological polar surface area (TPSA) is 52.9 Å². The van der Waals surface area contributed by atoms with Gasteiger partial charge < -0.3 is 5.32 Å². The highest BCUT2D eigenvalue weighted by Gasteiger charge is 2.10. The summed E-state index contributed by atoms with van der Waals surface area (Å²) in [5.74, 6) is 0.0507. The summed E-state index contributed by atoms with van der Waals surface area (Å²) < 4.78 is 1.02. The minimum Gasteiger partial charge on any atom is -0.321 e. The van der Waals surface area contributed by atoms with Gasteiger partial charge in [0.1, 0.15) is 11.6 Å². The van der Waals surface area contributed by atoms with Gasteiger partial charge in [0.25, 0.3) is 5.91 Å². The Hall–Kier alpha value is -2.13. The fourth-order valence-electron chi connectivity index (χ4n) is 2.06. The van der Waals surface area contributed by atoms with Crippen LogP contribution in [0.2, 0.25) is 0 Å². The third-order valence-corrected chi connectivity index (χ3v) is 4.03. The van der Waals surface area contributed by atoms with E-state index in [1.54, 1.807) is 12.1 Å². The van der Waals surface area contributed by atoms with E-state index in [0.717, 1.165) is 9.13 Å². The first kappa shape index (κ1) is 17.2. The van der Waals surface area contributed by atoms with Crippen LogP contribution < -0.4 is 5.32 Å². The number of benzene rings is 2. The van der Waals surface area contributed by atoms with E-state index in [2.05, 4.69) is 41.8 Å². The summed E-state index contributed by atoms with van der Waals surface area (Å²) in [6.07, 6.45) is 1.60. The third kappa shape index (κ3) is 4.93. The van der Waals surface area contributed by atoms with Crippen LogP contribution in [-0.2, 0) is 4.79 Å². The molecule has 0 aliphatic rings. The lowest BCUT2D eigenvalue weighted by atomic mass is 10.0. The fraction of sp³-hybridized carbons (Fsp3) is 0.158. The normalized spacial score (nSPS) is 11.2. The number of nitrogens with one attached hydrogen (secondary N) is 1. The summed E-state index contributed by atoms with van der Waals surface area (Å²) in [6.45, 7) is 4.25.